The number of carbonyl (C=O) groups is 1. The Balaban J connectivity index is 1.29. The van der Waals surface area contributed by atoms with Crippen LogP contribution in [0, 0.1) is 16.7 Å². The van der Waals surface area contributed by atoms with Gasteiger partial charge in [-0.05, 0) is 55.9 Å². The Morgan fingerprint density at radius 3 is 2.56 bits per heavy atom. The summed E-state index contributed by atoms with van der Waals surface area (Å²) < 4.78 is 0. The lowest BCUT2D eigenvalue weighted by atomic mass is 9.75. The highest BCUT2D eigenvalue weighted by molar-refractivity contribution is 6.00. The fourth-order valence-electron chi connectivity index (χ4n) is 4.53. The van der Waals surface area contributed by atoms with Gasteiger partial charge in [0.25, 0.3) is 5.91 Å². The molecule has 0 atom stereocenters. The number of carbonyl (C=O) groups excluding carboxylic acids is 1. The first-order valence-electron chi connectivity index (χ1n) is 11.2. The van der Waals surface area contributed by atoms with Crippen molar-refractivity contribution in [1.29, 1.82) is 5.26 Å². The number of likely N-dealkylation sites (tertiary alicyclic amines) is 1. The minimum atomic E-state index is -0.453. The lowest BCUT2D eigenvalue weighted by Crippen LogP contribution is -2.43. The average molecular weight is 424 g/mol. The molecule has 0 N–H and O–H groups in total. The molecule has 1 saturated carbocycles. The second-order valence-corrected chi connectivity index (χ2v) is 8.87. The summed E-state index contributed by atoms with van der Waals surface area (Å²) in [7, 11) is 0. The molecule has 0 bridgehead atoms. The third-order valence-corrected chi connectivity index (χ3v) is 6.65. The molecule has 160 valence electrons. The van der Waals surface area contributed by atoms with Gasteiger partial charge in [-0.15, -0.1) is 0 Å². The molecule has 1 saturated heterocycles. The first-order chi connectivity index (χ1) is 15.7. The summed E-state index contributed by atoms with van der Waals surface area (Å²) in [5, 5.41) is 10.0. The SMILES string of the molecule is N#CC1(Cc2ccc(C3CC3)nc2)CCN(C(=O)c2ccccc2-c2ccncn2)CC1. The predicted octanol–water partition coefficient (Wildman–Crippen LogP) is 4.40. The lowest BCUT2D eigenvalue weighted by molar-refractivity contribution is 0.0648. The number of benzene rings is 1. The molecular weight excluding hydrogens is 398 g/mol. The van der Waals surface area contributed by atoms with Gasteiger partial charge in [-0.2, -0.15) is 5.26 Å². The van der Waals surface area contributed by atoms with E-state index in [9.17, 15) is 10.1 Å². The lowest BCUT2D eigenvalue weighted by Gasteiger charge is -2.37. The summed E-state index contributed by atoms with van der Waals surface area (Å²) in [5.74, 6) is 0.620. The molecule has 5 rings (SSSR count). The Hall–Kier alpha value is -3.59. The third-order valence-electron chi connectivity index (χ3n) is 6.65. The quantitative estimate of drug-likeness (QED) is 0.607. The first-order valence-corrected chi connectivity index (χ1v) is 11.2. The van der Waals surface area contributed by atoms with E-state index in [0.29, 0.717) is 43.8 Å². The van der Waals surface area contributed by atoms with E-state index in [-0.39, 0.29) is 5.91 Å². The van der Waals surface area contributed by atoms with E-state index in [2.05, 4.69) is 33.2 Å². The molecule has 1 amide bonds. The number of nitrogens with zero attached hydrogens (tertiary/aromatic N) is 5. The summed E-state index contributed by atoms with van der Waals surface area (Å²) in [6.07, 6.45) is 9.58. The Kier molecular flexibility index (Phi) is 5.40. The minimum absolute atomic E-state index is 0.0128. The van der Waals surface area contributed by atoms with E-state index in [0.717, 1.165) is 16.8 Å². The normalized spacial score (nSPS) is 17.5. The summed E-state index contributed by atoms with van der Waals surface area (Å²) in [5.41, 5.74) is 3.99. The third kappa shape index (κ3) is 4.11. The summed E-state index contributed by atoms with van der Waals surface area (Å²) >= 11 is 0. The molecule has 6 heteroatoms. The van der Waals surface area contributed by atoms with Crippen molar-refractivity contribution in [3.05, 3.63) is 78.0 Å². The standard InChI is InChI=1S/C26H25N5O/c27-17-26(15-19-5-8-23(29-16-19)20-6-7-20)10-13-31(14-11-26)25(32)22-4-2-1-3-21(22)24-9-12-28-18-30-24/h1-5,8-9,12,16,18,20H,6-7,10-11,13-15H2. The van der Waals surface area contributed by atoms with E-state index in [4.69, 9.17) is 0 Å². The average Bonchev–Trinajstić information content (AvgIpc) is 3.71. The van der Waals surface area contributed by atoms with Gasteiger partial charge >= 0.3 is 0 Å². The fourth-order valence-corrected chi connectivity index (χ4v) is 4.53. The van der Waals surface area contributed by atoms with Crippen molar-refractivity contribution in [3.8, 4) is 17.3 Å². The Labute approximate surface area is 188 Å². The molecule has 2 aromatic heterocycles. The molecule has 3 aromatic rings. The van der Waals surface area contributed by atoms with Crippen LogP contribution in [0.3, 0.4) is 0 Å². The highest BCUT2D eigenvalue weighted by Crippen LogP contribution is 2.39. The Morgan fingerprint density at radius 2 is 1.91 bits per heavy atom. The number of nitriles is 1. The molecule has 0 unspecified atom stereocenters. The number of hydrogen-bond donors (Lipinski definition) is 0. The van der Waals surface area contributed by atoms with Crippen molar-refractivity contribution in [3.63, 3.8) is 0 Å². The molecule has 6 nitrogen and oxygen atoms in total. The minimum Gasteiger partial charge on any atom is -0.339 e. The highest BCUT2D eigenvalue weighted by Gasteiger charge is 2.37. The Morgan fingerprint density at radius 1 is 1.09 bits per heavy atom. The van der Waals surface area contributed by atoms with Gasteiger partial charge in [-0.3, -0.25) is 9.78 Å². The van der Waals surface area contributed by atoms with Crippen LogP contribution in [0.4, 0.5) is 0 Å². The van der Waals surface area contributed by atoms with E-state index in [1.165, 1.54) is 24.9 Å². The van der Waals surface area contributed by atoms with E-state index < -0.39 is 5.41 Å². The van der Waals surface area contributed by atoms with Crippen LogP contribution in [0.25, 0.3) is 11.3 Å². The number of amides is 1. The van der Waals surface area contributed by atoms with Crippen molar-refractivity contribution < 1.29 is 4.79 Å². The van der Waals surface area contributed by atoms with Gasteiger partial charge in [0.15, 0.2) is 0 Å². The summed E-state index contributed by atoms with van der Waals surface area (Å²) in [6, 6.07) is 16.2. The number of piperidine rings is 1. The number of aromatic nitrogens is 3. The molecule has 3 heterocycles. The van der Waals surface area contributed by atoms with Crippen LogP contribution in [-0.4, -0.2) is 38.8 Å². The van der Waals surface area contributed by atoms with Crippen LogP contribution < -0.4 is 0 Å². The highest BCUT2D eigenvalue weighted by atomic mass is 16.2. The molecule has 0 radical (unpaired) electrons. The molecule has 2 fully saturated rings. The van der Waals surface area contributed by atoms with Gasteiger partial charge in [0.05, 0.1) is 17.2 Å². The monoisotopic (exact) mass is 423 g/mol. The molecule has 1 aliphatic carbocycles. The van der Waals surface area contributed by atoms with E-state index in [1.54, 1.807) is 6.20 Å². The molecule has 32 heavy (non-hydrogen) atoms. The summed E-state index contributed by atoms with van der Waals surface area (Å²) in [6.45, 7) is 1.14. The van der Waals surface area contributed by atoms with Gasteiger partial charge < -0.3 is 4.90 Å². The van der Waals surface area contributed by atoms with Crippen LogP contribution in [0.15, 0.2) is 61.2 Å². The van der Waals surface area contributed by atoms with Crippen molar-refractivity contribution in [2.45, 2.75) is 38.0 Å². The van der Waals surface area contributed by atoms with Gasteiger partial charge in [0.1, 0.15) is 6.33 Å². The van der Waals surface area contributed by atoms with Crippen LogP contribution >= 0.6 is 0 Å². The zero-order valence-electron chi connectivity index (χ0n) is 17.9. The van der Waals surface area contributed by atoms with Gasteiger partial charge in [-0.1, -0.05) is 24.3 Å². The Bertz CT molecular complexity index is 1140. The molecule has 0 spiro atoms. The summed E-state index contributed by atoms with van der Waals surface area (Å²) in [4.78, 5) is 28.1. The number of pyridine rings is 1. The van der Waals surface area contributed by atoms with Crippen molar-refractivity contribution in [2.75, 3.05) is 13.1 Å². The van der Waals surface area contributed by atoms with E-state index in [1.807, 2.05) is 41.4 Å². The smallest absolute Gasteiger partial charge is 0.254 e. The zero-order chi connectivity index (χ0) is 22.0. The maximum absolute atomic E-state index is 13.3. The van der Waals surface area contributed by atoms with Gasteiger partial charge in [-0.25, -0.2) is 9.97 Å². The van der Waals surface area contributed by atoms with Crippen LogP contribution in [0.1, 0.15) is 53.2 Å². The second-order valence-electron chi connectivity index (χ2n) is 8.87. The molecule has 1 aliphatic heterocycles. The maximum atomic E-state index is 13.3. The van der Waals surface area contributed by atoms with Gasteiger partial charge in [0, 0.05) is 48.2 Å². The predicted molar refractivity (Wildman–Crippen MR) is 121 cm³/mol. The van der Waals surface area contributed by atoms with Crippen molar-refractivity contribution in [1.82, 2.24) is 19.9 Å². The topological polar surface area (TPSA) is 82.8 Å². The van der Waals surface area contributed by atoms with Crippen molar-refractivity contribution in [2.24, 2.45) is 5.41 Å². The van der Waals surface area contributed by atoms with Crippen LogP contribution in [0.5, 0.6) is 0 Å². The van der Waals surface area contributed by atoms with Crippen molar-refractivity contribution >= 4 is 5.91 Å². The first kappa shape index (κ1) is 20.3. The molecule has 1 aromatic carbocycles. The zero-order valence-corrected chi connectivity index (χ0v) is 17.9. The largest absolute Gasteiger partial charge is 0.339 e. The van der Waals surface area contributed by atoms with Crippen LogP contribution in [0.2, 0.25) is 0 Å². The van der Waals surface area contributed by atoms with Crippen LogP contribution in [-0.2, 0) is 6.42 Å². The second kappa shape index (κ2) is 8.51. The molecular formula is C26H25N5O. The number of hydrogen-bond acceptors (Lipinski definition) is 5. The maximum Gasteiger partial charge on any atom is 0.254 e. The molecule has 2 aliphatic rings. The van der Waals surface area contributed by atoms with E-state index >= 15 is 0 Å². The van der Waals surface area contributed by atoms with Gasteiger partial charge in [0.2, 0.25) is 0 Å². The number of rotatable bonds is 5. The fraction of sp³-hybridized carbons (Fsp3) is 0.346.